The SMILES string of the molecule is CCCC(SCCC[Si](OCC)(OCC)OCC)C(C)(Br)C(=O)O. The van der Waals surface area contributed by atoms with E-state index in [1.165, 1.54) is 0 Å². The van der Waals surface area contributed by atoms with Crippen LogP contribution in [0.15, 0.2) is 0 Å². The Morgan fingerprint density at radius 3 is 2.04 bits per heavy atom. The Hall–Kier alpha value is 0.397. The standard InChI is InChI=1S/C16H33BrO5SSi/c1-6-11-14(16(5,17)15(18)19)23-12-10-13-24(20-7-2,21-8-3)22-9-4/h14H,6-13H2,1-5H3,(H,18,19). The molecule has 0 amide bonds. The average molecular weight is 445 g/mol. The summed E-state index contributed by atoms with van der Waals surface area (Å²) in [5.41, 5.74) is 0. The van der Waals surface area contributed by atoms with Crippen LogP contribution in [-0.2, 0) is 18.1 Å². The number of hydrogen-bond acceptors (Lipinski definition) is 5. The maximum Gasteiger partial charge on any atom is 0.500 e. The molecule has 0 fully saturated rings. The minimum atomic E-state index is -2.60. The van der Waals surface area contributed by atoms with E-state index in [4.69, 9.17) is 13.3 Å². The predicted molar refractivity (Wildman–Crippen MR) is 106 cm³/mol. The summed E-state index contributed by atoms with van der Waals surface area (Å²) in [6, 6.07) is 0.764. The van der Waals surface area contributed by atoms with Crippen LogP contribution >= 0.6 is 27.7 Å². The number of carboxylic acid groups (broad SMARTS) is 1. The second-order valence-electron chi connectivity index (χ2n) is 5.61. The van der Waals surface area contributed by atoms with Gasteiger partial charge in [0.15, 0.2) is 0 Å². The summed E-state index contributed by atoms with van der Waals surface area (Å²) in [6.07, 6.45) is 2.71. The minimum absolute atomic E-state index is 0.0300. The Bertz CT molecular complexity index is 340. The maximum atomic E-state index is 11.5. The number of carboxylic acids is 1. The average Bonchev–Trinajstić information content (AvgIpc) is 2.51. The van der Waals surface area contributed by atoms with E-state index in [1.54, 1.807) is 18.7 Å². The molecular formula is C16H33BrO5SSi. The molecule has 2 unspecified atom stereocenters. The fourth-order valence-electron chi connectivity index (χ4n) is 2.43. The van der Waals surface area contributed by atoms with Gasteiger partial charge in [-0.3, -0.25) is 4.79 Å². The van der Waals surface area contributed by atoms with Crippen molar-refractivity contribution in [2.75, 3.05) is 25.6 Å². The molecule has 8 heteroatoms. The van der Waals surface area contributed by atoms with Crippen molar-refractivity contribution in [2.24, 2.45) is 0 Å². The normalized spacial score (nSPS) is 15.9. The first kappa shape index (κ1) is 24.4. The number of hydrogen-bond donors (Lipinski definition) is 1. The molecule has 0 aromatic rings. The first-order valence-electron chi connectivity index (χ1n) is 8.75. The molecule has 0 spiro atoms. The molecule has 2 atom stereocenters. The van der Waals surface area contributed by atoms with E-state index in [9.17, 15) is 9.90 Å². The van der Waals surface area contributed by atoms with Gasteiger partial charge in [0.1, 0.15) is 4.32 Å². The van der Waals surface area contributed by atoms with Crippen LogP contribution in [0, 0.1) is 0 Å². The third-order valence-corrected chi connectivity index (χ3v) is 9.59. The van der Waals surface area contributed by atoms with Gasteiger partial charge in [0.2, 0.25) is 0 Å². The molecule has 0 radical (unpaired) electrons. The number of thioether (sulfide) groups is 1. The molecule has 0 saturated carbocycles. The van der Waals surface area contributed by atoms with Gasteiger partial charge in [0.05, 0.1) is 0 Å². The number of aliphatic carboxylic acids is 1. The molecule has 0 aliphatic rings. The van der Waals surface area contributed by atoms with E-state index >= 15 is 0 Å². The zero-order valence-electron chi connectivity index (χ0n) is 15.6. The summed E-state index contributed by atoms with van der Waals surface area (Å²) in [4.78, 5) is 11.5. The summed E-state index contributed by atoms with van der Waals surface area (Å²) in [5.74, 6) is 0.0521. The van der Waals surface area contributed by atoms with Gasteiger partial charge in [0, 0.05) is 31.1 Å². The van der Waals surface area contributed by atoms with Crippen LogP contribution in [0.2, 0.25) is 6.04 Å². The van der Waals surface area contributed by atoms with E-state index in [1.807, 2.05) is 20.8 Å². The van der Waals surface area contributed by atoms with Crippen LogP contribution in [0.25, 0.3) is 0 Å². The molecule has 5 nitrogen and oxygen atoms in total. The van der Waals surface area contributed by atoms with Crippen molar-refractivity contribution in [3.05, 3.63) is 0 Å². The van der Waals surface area contributed by atoms with Crippen molar-refractivity contribution < 1.29 is 23.2 Å². The molecule has 144 valence electrons. The lowest BCUT2D eigenvalue weighted by atomic mass is 10.0. The number of carbonyl (C=O) groups is 1. The van der Waals surface area contributed by atoms with Crippen molar-refractivity contribution in [1.29, 1.82) is 0 Å². The molecule has 0 aromatic carbocycles. The van der Waals surface area contributed by atoms with Gasteiger partial charge in [-0.1, -0.05) is 29.3 Å². The third kappa shape index (κ3) is 8.18. The van der Waals surface area contributed by atoms with Gasteiger partial charge >= 0.3 is 14.8 Å². The Morgan fingerprint density at radius 2 is 1.67 bits per heavy atom. The maximum absolute atomic E-state index is 11.5. The first-order valence-corrected chi connectivity index (χ1v) is 12.5. The summed E-state index contributed by atoms with van der Waals surface area (Å²) in [7, 11) is -2.60. The Labute approximate surface area is 160 Å². The second-order valence-corrected chi connectivity index (χ2v) is 11.3. The molecule has 0 aromatic heterocycles. The van der Waals surface area contributed by atoms with E-state index in [0.29, 0.717) is 19.8 Å². The highest BCUT2D eigenvalue weighted by Crippen LogP contribution is 2.35. The number of alkyl halides is 1. The van der Waals surface area contributed by atoms with Crippen LogP contribution in [-0.4, -0.2) is 55.0 Å². The lowest BCUT2D eigenvalue weighted by Gasteiger charge is -2.30. The van der Waals surface area contributed by atoms with Gasteiger partial charge in [-0.05, 0) is 46.3 Å². The smallest absolute Gasteiger partial charge is 0.480 e. The van der Waals surface area contributed by atoms with Crippen LogP contribution in [0.3, 0.4) is 0 Å². The lowest BCUT2D eigenvalue weighted by Crippen LogP contribution is -2.46. The van der Waals surface area contributed by atoms with Crippen LogP contribution in [0.1, 0.15) is 53.9 Å². The highest BCUT2D eigenvalue weighted by Gasteiger charge is 2.41. The fraction of sp³-hybridized carbons (Fsp3) is 0.938. The van der Waals surface area contributed by atoms with Gasteiger partial charge in [0.25, 0.3) is 0 Å². The van der Waals surface area contributed by atoms with Crippen molar-refractivity contribution in [2.45, 2.75) is 69.5 Å². The molecule has 0 aliphatic heterocycles. The molecule has 1 N–H and O–H groups in total. The fourth-order valence-corrected chi connectivity index (χ4v) is 7.33. The van der Waals surface area contributed by atoms with Crippen molar-refractivity contribution in [1.82, 2.24) is 0 Å². The molecular weight excluding hydrogens is 412 g/mol. The topological polar surface area (TPSA) is 65.0 Å². The second kappa shape index (κ2) is 12.7. The summed E-state index contributed by atoms with van der Waals surface area (Å²) >= 11 is 5.10. The summed E-state index contributed by atoms with van der Waals surface area (Å²) in [6.45, 7) is 11.4. The largest absolute Gasteiger partial charge is 0.500 e. The zero-order chi connectivity index (χ0) is 18.6. The molecule has 0 heterocycles. The Balaban J connectivity index is 4.64. The molecule has 0 aliphatic carbocycles. The predicted octanol–water partition coefficient (Wildman–Crippen LogP) is 4.57. The van der Waals surface area contributed by atoms with Gasteiger partial charge in [-0.25, -0.2) is 0 Å². The van der Waals surface area contributed by atoms with Crippen LogP contribution in [0.4, 0.5) is 0 Å². The molecule has 0 saturated heterocycles. The molecule has 0 rings (SSSR count). The quantitative estimate of drug-likeness (QED) is 0.226. The van der Waals surface area contributed by atoms with Crippen LogP contribution < -0.4 is 0 Å². The first-order chi connectivity index (χ1) is 11.3. The lowest BCUT2D eigenvalue weighted by molar-refractivity contribution is -0.139. The van der Waals surface area contributed by atoms with Crippen molar-refractivity contribution in [3.63, 3.8) is 0 Å². The van der Waals surface area contributed by atoms with Gasteiger partial charge in [-0.15, -0.1) is 0 Å². The van der Waals surface area contributed by atoms with Crippen molar-refractivity contribution in [3.8, 4) is 0 Å². The highest BCUT2D eigenvalue weighted by atomic mass is 79.9. The van der Waals surface area contributed by atoms with Crippen LogP contribution in [0.5, 0.6) is 0 Å². The van der Waals surface area contributed by atoms with Crippen molar-refractivity contribution >= 4 is 42.5 Å². The monoisotopic (exact) mass is 444 g/mol. The van der Waals surface area contributed by atoms with E-state index < -0.39 is 19.1 Å². The Kier molecular flexibility index (Phi) is 12.9. The van der Waals surface area contributed by atoms with E-state index in [-0.39, 0.29) is 5.25 Å². The zero-order valence-corrected chi connectivity index (χ0v) is 19.0. The number of rotatable bonds is 15. The summed E-state index contributed by atoms with van der Waals surface area (Å²) < 4.78 is 16.7. The number of halogens is 1. The van der Waals surface area contributed by atoms with E-state index in [2.05, 4.69) is 22.9 Å². The Morgan fingerprint density at radius 1 is 1.17 bits per heavy atom. The molecule has 0 bridgehead atoms. The highest BCUT2D eigenvalue weighted by molar-refractivity contribution is 9.10. The van der Waals surface area contributed by atoms with E-state index in [0.717, 1.165) is 31.1 Å². The van der Waals surface area contributed by atoms with Gasteiger partial charge in [-0.2, -0.15) is 11.8 Å². The minimum Gasteiger partial charge on any atom is -0.480 e. The summed E-state index contributed by atoms with van der Waals surface area (Å²) in [5, 5.41) is 9.45. The molecule has 24 heavy (non-hydrogen) atoms. The third-order valence-electron chi connectivity index (χ3n) is 3.61. The van der Waals surface area contributed by atoms with Gasteiger partial charge < -0.3 is 18.4 Å².